The molecule has 0 aliphatic carbocycles. The molecule has 2 aromatic rings. The summed E-state index contributed by atoms with van der Waals surface area (Å²) in [6, 6.07) is 10.5. The molecule has 3 rings (SSSR count). The van der Waals surface area contributed by atoms with E-state index in [1.54, 1.807) is 30.3 Å². The molecule has 1 saturated heterocycles. The maximum absolute atomic E-state index is 13.0. The van der Waals surface area contributed by atoms with Crippen molar-refractivity contribution in [2.75, 3.05) is 18.6 Å². The molecule has 1 fully saturated rings. The van der Waals surface area contributed by atoms with E-state index in [4.69, 9.17) is 28.6 Å². The van der Waals surface area contributed by atoms with Crippen molar-refractivity contribution in [1.82, 2.24) is 4.90 Å². The molecule has 128 valence electrons. The molecule has 1 aromatic heterocycles. The Kier molecular flexibility index (Phi) is 5.17. The van der Waals surface area contributed by atoms with Gasteiger partial charge in [0, 0.05) is 9.90 Å². The van der Waals surface area contributed by atoms with Crippen LogP contribution in [0.1, 0.15) is 4.88 Å². The number of methoxy groups -OCH3 is 1. The molecule has 0 radical (unpaired) electrons. The van der Waals surface area contributed by atoms with Crippen molar-refractivity contribution in [1.29, 1.82) is 0 Å². The van der Waals surface area contributed by atoms with E-state index < -0.39 is 5.97 Å². The number of anilines is 1. The lowest BCUT2D eigenvalue weighted by molar-refractivity contribution is -0.140. The van der Waals surface area contributed by atoms with E-state index in [2.05, 4.69) is 0 Å². The monoisotopic (exact) mass is 392 g/mol. The molecular weight excluding hydrogens is 380 g/mol. The minimum Gasteiger partial charge on any atom is -0.468 e. The van der Waals surface area contributed by atoms with E-state index >= 15 is 0 Å². The SMILES string of the molecule is COC(=O)CN1C(=S)N(c2ccc(Cl)cc2)C(=O)C1=Cc1cccs1. The fourth-order valence-corrected chi connectivity index (χ4v) is 3.48. The topological polar surface area (TPSA) is 49.9 Å². The lowest BCUT2D eigenvalue weighted by Crippen LogP contribution is -2.35. The maximum Gasteiger partial charge on any atom is 0.325 e. The van der Waals surface area contributed by atoms with Gasteiger partial charge in [-0.2, -0.15) is 0 Å². The molecule has 0 N–H and O–H groups in total. The van der Waals surface area contributed by atoms with E-state index in [1.807, 2.05) is 17.5 Å². The molecule has 0 saturated carbocycles. The van der Waals surface area contributed by atoms with Gasteiger partial charge in [0.15, 0.2) is 5.11 Å². The van der Waals surface area contributed by atoms with Gasteiger partial charge in [-0.05, 0) is 54.0 Å². The lowest BCUT2D eigenvalue weighted by Gasteiger charge is -2.19. The van der Waals surface area contributed by atoms with Crippen LogP contribution in [0.25, 0.3) is 6.08 Å². The minimum absolute atomic E-state index is 0.137. The average molecular weight is 393 g/mol. The van der Waals surface area contributed by atoms with Crippen molar-refractivity contribution in [3.8, 4) is 0 Å². The van der Waals surface area contributed by atoms with E-state index in [1.165, 1.54) is 28.2 Å². The Bertz CT molecular complexity index is 847. The van der Waals surface area contributed by atoms with Crippen LogP contribution in [-0.4, -0.2) is 35.5 Å². The van der Waals surface area contributed by atoms with Crippen LogP contribution in [0, 0.1) is 0 Å². The minimum atomic E-state index is -0.481. The molecule has 1 aromatic carbocycles. The lowest BCUT2D eigenvalue weighted by atomic mass is 10.2. The van der Waals surface area contributed by atoms with Gasteiger partial charge in [-0.15, -0.1) is 11.3 Å². The zero-order valence-corrected chi connectivity index (χ0v) is 15.5. The molecule has 0 bridgehead atoms. The van der Waals surface area contributed by atoms with Crippen LogP contribution in [0.3, 0.4) is 0 Å². The van der Waals surface area contributed by atoms with Gasteiger partial charge >= 0.3 is 5.97 Å². The normalized spacial score (nSPS) is 16.0. The number of thiocarbonyl (C=S) groups is 1. The number of hydrogen-bond acceptors (Lipinski definition) is 5. The first kappa shape index (κ1) is 17.6. The fraction of sp³-hybridized carbons (Fsp3) is 0.118. The summed E-state index contributed by atoms with van der Waals surface area (Å²) in [7, 11) is 1.29. The number of esters is 1. The number of thiophene rings is 1. The standard InChI is InChI=1S/C17H13ClN2O3S2/c1-23-15(21)10-19-14(9-13-3-2-8-25-13)16(22)20(17(19)24)12-6-4-11(18)5-7-12/h2-9H,10H2,1H3. The van der Waals surface area contributed by atoms with Crippen LogP contribution >= 0.6 is 35.2 Å². The third-order valence-corrected chi connectivity index (χ3v) is 5.03. The molecule has 0 spiro atoms. The largest absolute Gasteiger partial charge is 0.468 e. The zero-order valence-electron chi connectivity index (χ0n) is 13.1. The first-order valence-corrected chi connectivity index (χ1v) is 8.91. The van der Waals surface area contributed by atoms with Crippen LogP contribution < -0.4 is 4.90 Å². The second kappa shape index (κ2) is 7.35. The average Bonchev–Trinajstić information content (AvgIpc) is 3.19. The highest BCUT2D eigenvalue weighted by atomic mass is 35.5. The van der Waals surface area contributed by atoms with E-state index in [0.717, 1.165) is 4.88 Å². The number of amides is 1. The molecule has 25 heavy (non-hydrogen) atoms. The second-order valence-corrected chi connectivity index (χ2v) is 6.89. The van der Waals surface area contributed by atoms with Crippen LogP contribution in [0.2, 0.25) is 5.02 Å². The Hall–Kier alpha value is -2.22. The number of rotatable bonds is 4. The molecule has 0 atom stereocenters. The molecule has 2 heterocycles. The summed E-state index contributed by atoms with van der Waals surface area (Å²) >= 11 is 12.8. The Labute approximate surface area is 159 Å². The summed E-state index contributed by atoms with van der Waals surface area (Å²) in [4.78, 5) is 28.5. The number of carbonyl (C=O) groups is 2. The van der Waals surface area contributed by atoms with Crippen LogP contribution in [-0.2, 0) is 14.3 Å². The summed E-state index contributed by atoms with van der Waals surface area (Å²) in [6.45, 7) is -0.137. The fourth-order valence-electron chi connectivity index (χ4n) is 2.35. The molecule has 8 heteroatoms. The molecule has 1 amide bonds. The number of carbonyl (C=O) groups excluding carboxylic acids is 2. The summed E-state index contributed by atoms with van der Waals surface area (Å²) < 4.78 is 4.72. The van der Waals surface area contributed by atoms with Gasteiger partial charge in [-0.25, -0.2) is 0 Å². The summed E-state index contributed by atoms with van der Waals surface area (Å²) in [6.07, 6.45) is 1.72. The first-order valence-electron chi connectivity index (χ1n) is 7.25. The van der Waals surface area contributed by atoms with Gasteiger partial charge in [-0.3, -0.25) is 14.5 Å². The van der Waals surface area contributed by atoms with Crippen molar-refractivity contribution in [2.45, 2.75) is 0 Å². The van der Waals surface area contributed by atoms with Gasteiger partial charge in [-0.1, -0.05) is 17.7 Å². The van der Waals surface area contributed by atoms with Crippen molar-refractivity contribution in [2.24, 2.45) is 0 Å². The molecular formula is C17H13ClN2O3S2. The number of benzene rings is 1. The van der Waals surface area contributed by atoms with Crippen LogP contribution in [0.15, 0.2) is 47.5 Å². The van der Waals surface area contributed by atoms with Crippen molar-refractivity contribution < 1.29 is 14.3 Å². The Morgan fingerprint density at radius 3 is 2.64 bits per heavy atom. The number of hydrogen-bond donors (Lipinski definition) is 0. The van der Waals surface area contributed by atoms with Gasteiger partial charge in [0.2, 0.25) is 0 Å². The highest BCUT2D eigenvalue weighted by Gasteiger charge is 2.40. The van der Waals surface area contributed by atoms with Crippen molar-refractivity contribution in [3.05, 3.63) is 57.4 Å². The Morgan fingerprint density at radius 1 is 1.32 bits per heavy atom. The third-order valence-electron chi connectivity index (χ3n) is 3.56. The zero-order chi connectivity index (χ0) is 18.0. The Morgan fingerprint density at radius 2 is 2.04 bits per heavy atom. The smallest absolute Gasteiger partial charge is 0.325 e. The number of ether oxygens (including phenoxy) is 1. The molecule has 0 unspecified atom stereocenters. The first-order chi connectivity index (χ1) is 12.0. The molecule has 5 nitrogen and oxygen atoms in total. The molecule has 1 aliphatic heterocycles. The third kappa shape index (κ3) is 3.58. The van der Waals surface area contributed by atoms with Gasteiger partial charge < -0.3 is 9.64 Å². The highest BCUT2D eigenvalue weighted by Crippen LogP contribution is 2.30. The van der Waals surface area contributed by atoms with E-state index in [0.29, 0.717) is 16.4 Å². The van der Waals surface area contributed by atoms with Gasteiger partial charge in [0.25, 0.3) is 5.91 Å². The second-order valence-electron chi connectivity index (χ2n) is 5.11. The maximum atomic E-state index is 13.0. The summed E-state index contributed by atoms with van der Waals surface area (Å²) in [5, 5.41) is 2.69. The molecule has 1 aliphatic rings. The van der Waals surface area contributed by atoms with Crippen molar-refractivity contribution in [3.63, 3.8) is 0 Å². The Balaban J connectivity index is 2.02. The predicted molar refractivity (Wildman–Crippen MR) is 103 cm³/mol. The highest BCUT2D eigenvalue weighted by molar-refractivity contribution is 7.80. The predicted octanol–water partition coefficient (Wildman–Crippen LogP) is 3.55. The van der Waals surface area contributed by atoms with Crippen LogP contribution in [0.5, 0.6) is 0 Å². The van der Waals surface area contributed by atoms with E-state index in [9.17, 15) is 9.59 Å². The van der Waals surface area contributed by atoms with Crippen LogP contribution in [0.4, 0.5) is 5.69 Å². The number of nitrogens with zero attached hydrogens (tertiary/aromatic N) is 2. The van der Waals surface area contributed by atoms with E-state index in [-0.39, 0.29) is 17.6 Å². The van der Waals surface area contributed by atoms with Gasteiger partial charge in [0.1, 0.15) is 12.2 Å². The quantitative estimate of drug-likeness (QED) is 0.452. The summed E-state index contributed by atoms with van der Waals surface area (Å²) in [5.74, 6) is -0.783. The number of halogens is 1. The summed E-state index contributed by atoms with van der Waals surface area (Å²) in [5.41, 5.74) is 0.914. The van der Waals surface area contributed by atoms with Crippen molar-refractivity contribution >= 4 is 63.9 Å². The van der Waals surface area contributed by atoms with Gasteiger partial charge in [0.05, 0.1) is 12.8 Å².